The molecule has 1 atom stereocenters. The minimum atomic E-state index is -0.568. The summed E-state index contributed by atoms with van der Waals surface area (Å²) in [6.07, 6.45) is 1.02. The highest BCUT2D eigenvalue weighted by Gasteiger charge is 2.24. The van der Waals surface area contributed by atoms with E-state index in [2.05, 4.69) is 31.3 Å². The summed E-state index contributed by atoms with van der Waals surface area (Å²) in [5.74, 6) is 0.350. The van der Waals surface area contributed by atoms with Crippen LogP contribution < -0.4 is 5.32 Å². The summed E-state index contributed by atoms with van der Waals surface area (Å²) in [7, 11) is 0. The van der Waals surface area contributed by atoms with Crippen LogP contribution in [0.1, 0.15) is 37.9 Å². The Morgan fingerprint density at radius 1 is 1.23 bits per heavy atom. The first kappa shape index (κ1) is 20.3. The average Bonchev–Trinajstić information content (AvgIpc) is 2.98. The van der Waals surface area contributed by atoms with Gasteiger partial charge in [0.2, 0.25) is 0 Å². The van der Waals surface area contributed by atoms with E-state index < -0.39 is 5.97 Å². The number of benzene rings is 1. The molecule has 6 nitrogen and oxygen atoms in total. The lowest BCUT2D eigenvalue weighted by atomic mass is 10.00. The number of hydrogen-bond acceptors (Lipinski definition) is 5. The second kappa shape index (κ2) is 9.62. The number of ether oxygens (including phenoxy) is 1. The number of thioether (sulfide) groups is 1. The SMILES string of the molecule is CC(C)Cc1ccc(C(C)NC(=O)COC(=O)CN2CCSC2=O)cc1. The summed E-state index contributed by atoms with van der Waals surface area (Å²) < 4.78 is 4.96. The predicted molar refractivity (Wildman–Crippen MR) is 102 cm³/mol. The van der Waals surface area contributed by atoms with Gasteiger partial charge in [0.15, 0.2) is 6.61 Å². The molecule has 2 rings (SSSR count). The van der Waals surface area contributed by atoms with E-state index >= 15 is 0 Å². The zero-order valence-corrected chi connectivity index (χ0v) is 16.3. The van der Waals surface area contributed by atoms with Gasteiger partial charge in [0.05, 0.1) is 6.04 Å². The quantitative estimate of drug-likeness (QED) is 0.704. The van der Waals surface area contributed by atoms with Crippen LogP contribution in [0, 0.1) is 5.92 Å². The molecule has 1 aliphatic rings. The molecule has 26 heavy (non-hydrogen) atoms. The smallest absolute Gasteiger partial charge is 0.326 e. The molecule has 0 bridgehead atoms. The third kappa shape index (κ3) is 6.37. The molecule has 0 spiro atoms. The Kier molecular flexibility index (Phi) is 7.50. The highest BCUT2D eigenvalue weighted by Crippen LogP contribution is 2.17. The van der Waals surface area contributed by atoms with Crippen molar-refractivity contribution in [1.82, 2.24) is 10.2 Å². The monoisotopic (exact) mass is 378 g/mol. The molecule has 0 radical (unpaired) electrons. The third-order valence-electron chi connectivity index (χ3n) is 4.03. The van der Waals surface area contributed by atoms with E-state index in [1.807, 2.05) is 19.1 Å². The molecule has 1 N–H and O–H groups in total. The van der Waals surface area contributed by atoms with Crippen LogP contribution in [0.3, 0.4) is 0 Å². The molecule has 1 heterocycles. The number of esters is 1. The average molecular weight is 378 g/mol. The van der Waals surface area contributed by atoms with Crippen LogP contribution in [0.25, 0.3) is 0 Å². The molecule has 7 heteroatoms. The highest BCUT2D eigenvalue weighted by molar-refractivity contribution is 8.13. The van der Waals surface area contributed by atoms with Crippen LogP contribution in [-0.2, 0) is 20.7 Å². The minimum Gasteiger partial charge on any atom is -0.454 e. The normalized spacial score (nSPS) is 15.2. The first-order valence-corrected chi connectivity index (χ1v) is 9.79. The first-order chi connectivity index (χ1) is 12.3. The standard InChI is InChI=1S/C19H26N2O4S/c1-13(2)10-15-4-6-16(7-5-15)14(3)20-17(22)12-25-18(23)11-21-8-9-26-19(21)24/h4-7,13-14H,8-12H2,1-3H3,(H,20,22). The molecular formula is C19H26N2O4S. The number of carbonyl (C=O) groups is 3. The van der Waals surface area contributed by atoms with Gasteiger partial charge in [-0.1, -0.05) is 49.9 Å². The van der Waals surface area contributed by atoms with E-state index in [1.165, 1.54) is 22.2 Å². The lowest BCUT2D eigenvalue weighted by Gasteiger charge is -2.16. The van der Waals surface area contributed by atoms with E-state index in [0.29, 0.717) is 18.2 Å². The van der Waals surface area contributed by atoms with Crippen molar-refractivity contribution in [3.8, 4) is 0 Å². The summed E-state index contributed by atoms with van der Waals surface area (Å²) in [5.41, 5.74) is 2.27. The topological polar surface area (TPSA) is 75.7 Å². The summed E-state index contributed by atoms with van der Waals surface area (Å²) in [6.45, 7) is 6.33. The lowest BCUT2D eigenvalue weighted by molar-refractivity contribution is -0.149. The second-order valence-corrected chi connectivity index (χ2v) is 7.87. The van der Waals surface area contributed by atoms with Gasteiger partial charge >= 0.3 is 5.97 Å². The van der Waals surface area contributed by atoms with Gasteiger partial charge in [-0.2, -0.15) is 0 Å². The summed E-state index contributed by atoms with van der Waals surface area (Å²) in [6, 6.07) is 7.98. The van der Waals surface area contributed by atoms with Gasteiger partial charge in [-0.3, -0.25) is 14.4 Å². The number of carbonyl (C=O) groups excluding carboxylic acids is 3. The van der Waals surface area contributed by atoms with Crippen LogP contribution >= 0.6 is 11.8 Å². The minimum absolute atomic E-state index is 0.105. The molecule has 142 valence electrons. The van der Waals surface area contributed by atoms with Crippen molar-refractivity contribution in [3.63, 3.8) is 0 Å². The van der Waals surface area contributed by atoms with Crippen LogP contribution in [0.5, 0.6) is 0 Å². The summed E-state index contributed by atoms with van der Waals surface area (Å²) in [4.78, 5) is 36.6. The van der Waals surface area contributed by atoms with Crippen LogP contribution in [0.4, 0.5) is 4.79 Å². The van der Waals surface area contributed by atoms with Gasteiger partial charge in [0.1, 0.15) is 6.54 Å². The molecule has 1 aromatic rings. The van der Waals surface area contributed by atoms with Crippen LogP contribution in [0.2, 0.25) is 0 Å². The van der Waals surface area contributed by atoms with Gasteiger partial charge in [0, 0.05) is 12.3 Å². The Bertz CT molecular complexity index is 645. The first-order valence-electron chi connectivity index (χ1n) is 8.80. The number of nitrogens with one attached hydrogen (secondary N) is 1. The van der Waals surface area contributed by atoms with Crippen molar-refractivity contribution >= 4 is 28.9 Å². The fourth-order valence-electron chi connectivity index (χ4n) is 2.70. The van der Waals surface area contributed by atoms with Crippen molar-refractivity contribution in [2.24, 2.45) is 5.92 Å². The number of nitrogens with zero attached hydrogens (tertiary/aromatic N) is 1. The molecule has 1 aromatic carbocycles. The molecule has 2 amide bonds. The Hall–Kier alpha value is -2.02. The van der Waals surface area contributed by atoms with E-state index in [-0.39, 0.29) is 30.3 Å². The van der Waals surface area contributed by atoms with Gasteiger partial charge in [0.25, 0.3) is 11.1 Å². The molecule has 0 saturated carbocycles. The third-order valence-corrected chi connectivity index (χ3v) is 4.92. The molecule has 1 unspecified atom stereocenters. The molecular weight excluding hydrogens is 352 g/mol. The van der Waals surface area contributed by atoms with Crippen molar-refractivity contribution in [2.75, 3.05) is 25.4 Å². The van der Waals surface area contributed by atoms with Gasteiger partial charge in [-0.25, -0.2) is 0 Å². The van der Waals surface area contributed by atoms with Gasteiger partial charge in [-0.05, 0) is 30.4 Å². The molecule has 0 aromatic heterocycles. The fraction of sp³-hybridized carbons (Fsp3) is 0.526. The Morgan fingerprint density at radius 2 is 1.92 bits per heavy atom. The Balaban J connectivity index is 1.74. The highest BCUT2D eigenvalue weighted by atomic mass is 32.2. The molecule has 1 aliphatic heterocycles. The van der Waals surface area contributed by atoms with Gasteiger partial charge in [-0.15, -0.1) is 0 Å². The maximum atomic E-state index is 12.0. The van der Waals surface area contributed by atoms with E-state index in [4.69, 9.17) is 4.74 Å². The van der Waals surface area contributed by atoms with Gasteiger partial charge < -0.3 is 15.0 Å². The van der Waals surface area contributed by atoms with E-state index in [0.717, 1.165) is 12.0 Å². The Morgan fingerprint density at radius 3 is 2.50 bits per heavy atom. The summed E-state index contributed by atoms with van der Waals surface area (Å²) in [5, 5.41) is 2.69. The maximum absolute atomic E-state index is 12.0. The molecule has 1 saturated heterocycles. The fourth-order valence-corrected chi connectivity index (χ4v) is 3.52. The summed E-state index contributed by atoms with van der Waals surface area (Å²) >= 11 is 1.18. The predicted octanol–water partition coefficient (Wildman–Crippen LogP) is 2.77. The second-order valence-electron chi connectivity index (χ2n) is 6.83. The van der Waals surface area contributed by atoms with Crippen LogP contribution in [-0.4, -0.2) is 47.5 Å². The number of hydrogen-bond donors (Lipinski definition) is 1. The molecule has 1 fully saturated rings. The maximum Gasteiger partial charge on any atom is 0.326 e. The van der Waals surface area contributed by atoms with Crippen molar-refractivity contribution in [2.45, 2.75) is 33.2 Å². The zero-order chi connectivity index (χ0) is 19.1. The van der Waals surface area contributed by atoms with Crippen molar-refractivity contribution in [1.29, 1.82) is 0 Å². The molecule has 0 aliphatic carbocycles. The Labute approximate surface area is 158 Å². The van der Waals surface area contributed by atoms with Crippen molar-refractivity contribution < 1.29 is 19.1 Å². The van der Waals surface area contributed by atoms with Crippen LogP contribution in [0.15, 0.2) is 24.3 Å². The van der Waals surface area contributed by atoms with E-state index in [9.17, 15) is 14.4 Å². The lowest BCUT2D eigenvalue weighted by Crippen LogP contribution is -2.35. The van der Waals surface area contributed by atoms with Crippen molar-refractivity contribution in [3.05, 3.63) is 35.4 Å². The number of rotatable bonds is 8. The largest absolute Gasteiger partial charge is 0.454 e. The van der Waals surface area contributed by atoms with E-state index in [1.54, 1.807) is 0 Å². The number of amides is 2. The zero-order valence-electron chi connectivity index (χ0n) is 15.5.